The third-order valence-electron chi connectivity index (χ3n) is 7.83. The van der Waals surface area contributed by atoms with Crippen molar-refractivity contribution in [1.82, 2.24) is 28.5 Å². The van der Waals surface area contributed by atoms with E-state index in [1.54, 1.807) is 23.9 Å². The van der Waals surface area contributed by atoms with E-state index in [-0.39, 0.29) is 0 Å². The maximum Gasteiger partial charge on any atom is 0.205 e. The van der Waals surface area contributed by atoms with Gasteiger partial charge < -0.3 is 9.80 Å². The SMILES string of the molecule is C1CCN(Sc2nc(N3CCCCC3)c3nc(SN4CCCCC4)nc(N4CCCCC4)c3n2)CC1. The summed E-state index contributed by atoms with van der Waals surface area (Å²) in [6, 6.07) is 0. The third-order valence-corrected chi connectivity index (χ3v) is 9.77. The summed E-state index contributed by atoms with van der Waals surface area (Å²) in [5.74, 6) is 2.06. The lowest BCUT2D eigenvalue weighted by atomic mass is 10.1. The van der Waals surface area contributed by atoms with Crippen molar-refractivity contribution < 1.29 is 0 Å². The van der Waals surface area contributed by atoms with Crippen molar-refractivity contribution in [3.8, 4) is 0 Å². The molecule has 196 valence electrons. The Hall–Kier alpha value is -1.36. The molecule has 0 bridgehead atoms. The number of hydrogen-bond acceptors (Lipinski definition) is 10. The molecule has 2 aromatic heterocycles. The highest BCUT2D eigenvalue weighted by Gasteiger charge is 2.26. The Kier molecular flexibility index (Phi) is 8.32. The predicted octanol–water partition coefficient (Wildman–Crippen LogP) is 5.39. The third kappa shape index (κ3) is 5.87. The zero-order valence-electron chi connectivity index (χ0n) is 21.5. The highest BCUT2D eigenvalue weighted by Crippen LogP contribution is 2.36. The van der Waals surface area contributed by atoms with E-state index in [1.807, 2.05) is 0 Å². The van der Waals surface area contributed by atoms with Crippen molar-refractivity contribution in [2.24, 2.45) is 0 Å². The van der Waals surface area contributed by atoms with Gasteiger partial charge in [-0.05, 0) is 88.1 Å². The molecule has 10 heteroatoms. The number of aromatic nitrogens is 4. The lowest BCUT2D eigenvalue weighted by Crippen LogP contribution is -2.33. The van der Waals surface area contributed by atoms with Gasteiger partial charge in [-0.3, -0.25) is 0 Å². The molecule has 4 aliphatic heterocycles. The maximum absolute atomic E-state index is 5.20. The molecule has 36 heavy (non-hydrogen) atoms. The molecule has 0 unspecified atom stereocenters. The molecule has 4 aliphatic rings. The second-order valence-corrected chi connectivity index (χ2v) is 12.7. The summed E-state index contributed by atoms with van der Waals surface area (Å²) in [7, 11) is 0. The minimum Gasteiger partial charge on any atom is -0.355 e. The number of nitrogens with zero attached hydrogens (tertiary/aromatic N) is 8. The van der Waals surface area contributed by atoms with Gasteiger partial charge in [-0.15, -0.1) is 0 Å². The number of rotatable bonds is 6. The van der Waals surface area contributed by atoms with Crippen LogP contribution in [0.15, 0.2) is 10.3 Å². The van der Waals surface area contributed by atoms with E-state index in [1.165, 1.54) is 77.0 Å². The lowest BCUT2D eigenvalue weighted by Gasteiger charge is -2.32. The van der Waals surface area contributed by atoms with Crippen LogP contribution in [0.1, 0.15) is 77.0 Å². The van der Waals surface area contributed by atoms with E-state index in [4.69, 9.17) is 19.9 Å². The van der Waals surface area contributed by atoms with Gasteiger partial charge in [0.25, 0.3) is 0 Å². The van der Waals surface area contributed by atoms with E-state index in [0.717, 1.165) is 85.3 Å². The quantitative estimate of drug-likeness (QED) is 0.360. The van der Waals surface area contributed by atoms with E-state index in [2.05, 4.69) is 18.4 Å². The average molecular weight is 529 g/mol. The second-order valence-electron chi connectivity index (χ2n) is 10.6. The second kappa shape index (κ2) is 12.0. The van der Waals surface area contributed by atoms with Gasteiger partial charge in [0.05, 0.1) is 0 Å². The van der Waals surface area contributed by atoms with Gasteiger partial charge >= 0.3 is 0 Å². The summed E-state index contributed by atoms with van der Waals surface area (Å²) >= 11 is 3.49. The van der Waals surface area contributed by atoms with Gasteiger partial charge in [-0.25, -0.2) is 28.5 Å². The minimum atomic E-state index is 0.864. The fourth-order valence-electron chi connectivity index (χ4n) is 5.82. The predicted molar refractivity (Wildman–Crippen MR) is 150 cm³/mol. The van der Waals surface area contributed by atoms with Crippen LogP contribution in [0.25, 0.3) is 11.0 Å². The molecule has 8 nitrogen and oxygen atoms in total. The van der Waals surface area contributed by atoms with Crippen molar-refractivity contribution in [3.05, 3.63) is 0 Å². The highest BCUT2D eigenvalue weighted by molar-refractivity contribution is 7.97. The van der Waals surface area contributed by atoms with Crippen LogP contribution < -0.4 is 9.80 Å². The first-order chi connectivity index (χ1) is 17.8. The first kappa shape index (κ1) is 24.9. The summed E-state index contributed by atoms with van der Waals surface area (Å²) in [6.07, 6.45) is 15.2. The summed E-state index contributed by atoms with van der Waals surface area (Å²) in [5.41, 5.74) is 1.91. The molecule has 0 spiro atoms. The molecule has 0 atom stereocenters. The largest absolute Gasteiger partial charge is 0.355 e. The van der Waals surface area contributed by atoms with Crippen molar-refractivity contribution in [1.29, 1.82) is 0 Å². The van der Waals surface area contributed by atoms with Crippen molar-refractivity contribution in [2.45, 2.75) is 87.4 Å². The molecule has 4 fully saturated rings. The summed E-state index contributed by atoms with van der Waals surface area (Å²) in [5, 5.41) is 1.73. The standard InChI is InChI=1S/C26H40N8S2/c1-5-13-31(14-6-1)23-21-22(28-25(29-23)35-33-17-9-3-10-18-33)24(32-15-7-2-8-16-32)30-26(27-21)36-34-19-11-4-12-20-34/h1-20H2. The van der Waals surface area contributed by atoms with Crippen LogP contribution in [-0.4, -0.2) is 80.9 Å². The Bertz CT molecular complexity index is 931. The summed E-state index contributed by atoms with van der Waals surface area (Å²) in [4.78, 5) is 25.7. The number of hydrogen-bond donors (Lipinski definition) is 0. The first-order valence-corrected chi connectivity index (χ1v) is 15.8. The number of anilines is 2. The molecule has 0 aromatic carbocycles. The van der Waals surface area contributed by atoms with Gasteiger partial charge in [-0.1, -0.05) is 12.8 Å². The van der Waals surface area contributed by atoms with E-state index in [0.29, 0.717) is 0 Å². The van der Waals surface area contributed by atoms with Crippen LogP contribution in [0.5, 0.6) is 0 Å². The molecular weight excluding hydrogens is 488 g/mol. The monoisotopic (exact) mass is 528 g/mol. The molecule has 2 aromatic rings. The zero-order valence-corrected chi connectivity index (χ0v) is 23.2. The Morgan fingerprint density at radius 2 is 0.722 bits per heavy atom. The normalized spacial score (nSPS) is 22.9. The Balaban J connectivity index is 1.43. The molecule has 6 heterocycles. The van der Waals surface area contributed by atoms with Crippen molar-refractivity contribution in [2.75, 3.05) is 62.2 Å². The Morgan fingerprint density at radius 3 is 1.08 bits per heavy atom. The van der Waals surface area contributed by atoms with Gasteiger partial charge in [0.1, 0.15) is 11.0 Å². The minimum absolute atomic E-state index is 0.864. The molecule has 6 rings (SSSR count). The van der Waals surface area contributed by atoms with Crippen LogP contribution in [0.4, 0.5) is 11.6 Å². The molecular formula is C26H40N8S2. The molecule has 0 radical (unpaired) electrons. The number of fused-ring (bicyclic) bond motifs is 1. The fourth-order valence-corrected chi connectivity index (χ4v) is 7.69. The van der Waals surface area contributed by atoms with Crippen LogP contribution in [0.3, 0.4) is 0 Å². The van der Waals surface area contributed by atoms with Crippen LogP contribution in [0.2, 0.25) is 0 Å². The van der Waals surface area contributed by atoms with Crippen molar-refractivity contribution in [3.63, 3.8) is 0 Å². The van der Waals surface area contributed by atoms with Crippen LogP contribution in [0, 0.1) is 0 Å². The summed E-state index contributed by atoms with van der Waals surface area (Å²) < 4.78 is 4.90. The van der Waals surface area contributed by atoms with Gasteiger partial charge in [0, 0.05) is 52.4 Å². The molecule has 0 saturated carbocycles. The van der Waals surface area contributed by atoms with Crippen molar-refractivity contribution >= 4 is 46.6 Å². The van der Waals surface area contributed by atoms with Gasteiger partial charge in [0.2, 0.25) is 10.3 Å². The van der Waals surface area contributed by atoms with Gasteiger partial charge in [0.15, 0.2) is 11.6 Å². The Labute approximate surface area is 224 Å². The fraction of sp³-hybridized carbons (Fsp3) is 0.769. The lowest BCUT2D eigenvalue weighted by molar-refractivity contribution is 0.379. The highest BCUT2D eigenvalue weighted by atomic mass is 32.2. The first-order valence-electron chi connectivity index (χ1n) is 14.3. The Morgan fingerprint density at radius 1 is 0.389 bits per heavy atom. The smallest absolute Gasteiger partial charge is 0.205 e. The average Bonchev–Trinajstić information content (AvgIpc) is 2.94. The van der Waals surface area contributed by atoms with Crippen LogP contribution >= 0.6 is 23.9 Å². The molecule has 0 N–H and O–H groups in total. The van der Waals surface area contributed by atoms with Crippen LogP contribution in [-0.2, 0) is 0 Å². The van der Waals surface area contributed by atoms with E-state index < -0.39 is 0 Å². The zero-order chi connectivity index (χ0) is 24.2. The van der Waals surface area contributed by atoms with Gasteiger partial charge in [-0.2, -0.15) is 0 Å². The maximum atomic E-state index is 5.20. The molecule has 0 aliphatic carbocycles. The number of piperidine rings is 4. The van der Waals surface area contributed by atoms with E-state index in [9.17, 15) is 0 Å². The summed E-state index contributed by atoms with van der Waals surface area (Å²) in [6.45, 7) is 8.68. The molecule has 4 saturated heterocycles. The molecule has 0 amide bonds. The topological polar surface area (TPSA) is 64.5 Å². The van der Waals surface area contributed by atoms with E-state index >= 15 is 0 Å².